The third-order valence-electron chi connectivity index (χ3n) is 3.08. The lowest BCUT2D eigenvalue weighted by atomic mass is 9.95. The monoisotopic (exact) mass is 353 g/mol. The van der Waals surface area contributed by atoms with Gasteiger partial charge in [-0.3, -0.25) is 9.78 Å². The average Bonchev–Trinajstić information content (AvgIpc) is 2.45. The first-order chi connectivity index (χ1) is 10.0. The Kier molecular flexibility index (Phi) is 4.90. The quantitative estimate of drug-likeness (QED) is 0.894. The number of carbonyl (C=O) groups is 1. The maximum atomic E-state index is 14.0. The molecule has 0 amide bonds. The highest BCUT2D eigenvalue weighted by Crippen LogP contribution is 2.28. The molecule has 1 aromatic carbocycles. The molecular formula is C15H13BrFNO3. The Hall–Kier alpha value is -1.95. The van der Waals surface area contributed by atoms with Crippen LogP contribution in [0.3, 0.4) is 0 Å². The van der Waals surface area contributed by atoms with Crippen LogP contribution in [0.4, 0.5) is 4.39 Å². The second kappa shape index (κ2) is 6.67. The van der Waals surface area contributed by atoms with Crippen molar-refractivity contribution in [1.82, 2.24) is 4.98 Å². The Bertz CT molecular complexity index is 663. The molecule has 1 atom stereocenters. The number of benzene rings is 1. The predicted molar refractivity (Wildman–Crippen MR) is 79.0 cm³/mol. The number of hydrogen-bond acceptors (Lipinski definition) is 3. The number of carboxylic acid groups (broad SMARTS) is 1. The van der Waals surface area contributed by atoms with Crippen LogP contribution in [0.25, 0.3) is 0 Å². The molecule has 1 heterocycles. The van der Waals surface area contributed by atoms with E-state index < -0.39 is 17.7 Å². The van der Waals surface area contributed by atoms with Crippen LogP contribution in [0.1, 0.15) is 17.2 Å². The zero-order valence-corrected chi connectivity index (χ0v) is 12.8. The number of pyridine rings is 1. The van der Waals surface area contributed by atoms with Gasteiger partial charge in [0, 0.05) is 10.7 Å². The van der Waals surface area contributed by atoms with Gasteiger partial charge in [0.1, 0.15) is 17.5 Å². The van der Waals surface area contributed by atoms with Crippen LogP contribution in [0, 0.1) is 5.82 Å². The van der Waals surface area contributed by atoms with E-state index in [0.29, 0.717) is 15.8 Å². The Labute approximate surface area is 129 Å². The topological polar surface area (TPSA) is 59.4 Å². The van der Waals surface area contributed by atoms with Gasteiger partial charge in [-0.2, -0.15) is 0 Å². The van der Waals surface area contributed by atoms with E-state index in [-0.39, 0.29) is 12.1 Å². The molecular weight excluding hydrogens is 341 g/mol. The normalized spacial score (nSPS) is 12.0. The Morgan fingerprint density at radius 1 is 1.48 bits per heavy atom. The number of hydrogen-bond donors (Lipinski definition) is 1. The molecule has 1 N–H and O–H groups in total. The number of para-hydroxylation sites is 1. The fourth-order valence-corrected chi connectivity index (χ4v) is 2.38. The molecule has 0 saturated heterocycles. The zero-order chi connectivity index (χ0) is 15.4. The first-order valence-corrected chi connectivity index (χ1v) is 6.98. The summed E-state index contributed by atoms with van der Waals surface area (Å²) >= 11 is 3.10. The number of aromatic nitrogens is 1. The van der Waals surface area contributed by atoms with Gasteiger partial charge in [-0.05, 0) is 40.0 Å². The Morgan fingerprint density at radius 3 is 2.81 bits per heavy atom. The van der Waals surface area contributed by atoms with Crippen molar-refractivity contribution in [3.63, 3.8) is 0 Å². The molecule has 0 bridgehead atoms. The molecule has 1 aromatic heterocycles. The van der Waals surface area contributed by atoms with E-state index in [9.17, 15) is 14.3 Å². The predicted octanol–water partition coefficient (Wildman–Crippen LogP) is 3.40. The average molecular weight is 354 g/mol. The van der Waals surface area contributed by atoms with E-state index in [1.807, 2.05) is 0 Å². The SMILES string of the molecule is COc1ccccc1CC(C(=O)O)c1ncc(Br)cc1F. The second-order valence-electron chi connectivity index (χ2n) is 4.43. The summed E-state index contributed by atoms with van der Waals surface area (Å²) in [6, 6.07) is 8.27. The highest BCUT2D eigenvalue weighted by atomic mass is 79.9. The molecule has 21 heavy (non-hydrogen) atoms. The smallest absolute Gasteiger partial charge is 0.313 e. The summed E-state index contributed by atoms with van der Waals surface area (Å²) in [4.78, 5) is 15.4. The highest BCUT2D eigenvalue weighted by Gasteiger charge is 2.26. The second-order valence-corrected chi connectivity index (χ2v) is 5.34. The summed E-state index contributed by atoms with van der Waals surface area (Å²) in [7, 11) is 1.51. The van der Waals surface area contributed by atoms with E-state index >= 15 is 0 Å². The van der Waals surface area contributed by atoms with Gasteiger partial charge in [0.15, 0.2) is 0 Å². The molecule has 4 nitrogen and oxygen atoms in total. The third-order valence-corrected chi connectivity index (χ3v) is 3.51. The van der Waals surface area contributed by atoms with Gasteiger partial charge in [0.05, 0.1) is 12.8 Å². The first-order valence-electron chi connectivity index (χ1n) is 6.18. The summed E-state index contributed by atoms with van der Waals surface area (Å²) in [5.74, 6) is -2.28. The first kappa shape index (κ1) is 15.4. The standard InChI is InChI=1S/C15H13BrFNO3/c1-21-13-5-3-2-4-9(13)6-11(15(19)20)14-12(17)7-10(16)8-18-14/h2-5,7-8,11H,6H2,1H3,(H,19,20). The van der Waals surface area contributed by atoms with Gasteiger partial charge < -0.3 is 9.84 Å². The van der Waals surface area contributed by atoms with Crippen LogP contribution in [-0.4, -0.2) is 23.2 Å². The van der Waals surface area contributed by atoms with E-state index in [1.54, 1.807) is 24.3 Å². The molecule has 0 radical (unpaired) electrons. The maximum Gasteiger partial charge on any atom is 0.313 e. The van der Waals surface area contributed by atoms with E-state index in [2.05, 4.69) is 20.9 Å². The Morgan fingerprint density at radius 2 is 2.19 bits per heavy atom. The number of nitrogens with zero attached hydrogens (tertiary/aromatic N) is 1. The van der Waals surface area contributed by atoms with Crippen molar-refractivity contribution in [3.8, 4) is 5.75 Å². The van der Waals surface area contributed by atoms with Crippen molar-refractivity contribution in [1.29, 1.82) is 0 Å². The van der Waals surface area contributed by atoms with Crippen molar-refractivity contribution in [2.24, 2.45) is 0 Å². The molecule has 6 heteroatoms. The lowest BCUT2D eigenvalue weighted by molar-refractivity contribution is -0.138. The van der Waals surface area contributed by atoms with Crippen molar-refractivity contribution in [3.05, 3.63) is 58.1 Å². The Balaban J connectivity index is 2.38. The number of halogens is 2. The van der Waals surface area contributed by atoms with Gasteiger partial charge in [-0.15, -0.1) is 0 Å². The lowest BCUT2D eigenvalue weighted by Crippen LogP contribution is -2.18. The highest BCUT2D eigenvalue weighted by molar-refractivity contribution is 9.10. The summed E-state index contributed by atoms with van der Waals surface area (Å²) in [5, 5.41) is 9.39. The summed E-state index contributed by atoms with van der Waals surface area (Å²) in [6.07, 6.45) is 1.49. The van der Waals surface area contributed by atoms with Crippen LogP contribution in [0.2, 0.25) is 0 Å². The van der Waals surface area contributed by atoms with Crippen LogP contribution < -0.4 is 4.74 Å². The van der Waals surface area contributed by atoms with Crippen molar-refractivity contribution in [2.75, 3.05) is 7.11 Å². The van der Waals surface area contributed by atoms with E-state index in [1.165, 1.54) is 19.4 Å². The van der Waals surface area contributed by atoms with Gasteiger partial charge in [-0.1, -0.05) is 18.2 Å². The molecule has 0 aliphatic heterocycles. The number of aliphatic carboxylic acids is 1. The van der Waals surface area contributed by atoms with Crippen molar-refractivity contribution >= 4 is 21.9 Å². The summed E-state index contributed by atoms with van der Waals surface area (Å²) in [6.45, 7) is 0. The minimum atomic E-state index is -1.13. The lowest BCUT2D eigenvalue weighted by Gasteiger charge is -2.15. The van der Waals surface area contributed by atoms with Crippen LogP contribution in [-0.2, 0) is 11.2 Å². The van der Waals surface area contributed by atoms with Crippen LogP contribution >= 0.6 is 15.9 Å². The number of carboxylic acids is 1. The number of rotatable bonds is 5. The molecule has 1 unspecified atom stereocenters. The fraction of sp³-hybridized carbons (Fsp3) is 0.200. The molecule has 0 saturated carbocycles. The minimum absolute atomic E-state index is 0.0865. The van der Waals surface area contributed by atoms with E-state index in [4.69, 9.17) is 4.74 Å². The molecule has 0 aliphatic carbocycles. The molecule has 0 fully saturated rings. The minimum Gasteiger partial charge on any atom is -0.496 e. The third kappa shape index (κ3) is 3.58. The molecule has 2 rings (SSSR count). The summed E-state index contributed by atoms with van der Waals surface area (Å²) < 4.78 is 19.6. The van der Waals surface area contributed by atoms with Gasteiger partial charge in [0.2, 0.25) is 0 Å². The molecule has 2 aromatic rings. The van der Waals surface area contributed by atoms with Crippen LogP contribution in [0.15, 0.2) is 41.0 Å². The maximum absolute atomic E-state index is 14.0. The van der Waals surface area contributed by atoms with Crippen LogP contribution in [0.5, 0.6) is 5.75 Å². The molecule has 0 spiro atoms. The molecule has 110 valence electrons. The van der Waals surface area contributed by atoms with Gasteiger partial charge >= 0.3 is 5.97 Å². The van der Waals surface area contributed by atoms with Crippen molar-refractivity contribution in [2.45, 2.75) is 12.3 Å². The van der Waals surface area contributed by atoms with Gasteiger partial charge in [-0.25, -0.2) is 4.39 Å². The summed E-state index contributed by atoms with van der Waals surface area (Å²) in [5.41, 5.74) is 0.605. The number of methoxy groups -OCH3 is 1. The zero-order valence-electron chi connectivity index (χ0n) is 11.2. The number of ether oxygens (including phenoxy) is 1. The van der Waals surface area contributed by atoms with E-state index in [0.717, 1.165) is 0 Å². The fourth-order valence-electron chi connectivity index (χ4n) is 2.07. The van der Waals surface area contributed by atoms with Gasteiger partial charge in [0.25, 0.3) is 0 Å². The molecule has 0 aliphatic rings. The largest absolute Gasteiger partial charge is 0.496 e. The van der Waals surface area contributed by atoms with Crippen molar-refractivity contribution < 1.29 is 19.0 Å².